The van der Waals surface area contributed by atoms with E-state index >= 15 is 0 Å². The highest BCUT2D eigenvalue weighted by atomic mass is 16.3. The Morgan fingerprint density at radius 2 is 1.78 bits per heavy atom. The van der Waals surface area contributed by atoms with E-state index in [1.807, 2.05) is 36.5 Å². The van der Waals surface area contributed by atoms with Crippen molar-refractivity contribution in [3.8, 4) is 5.75 Å². The maximum Gasteiger partial charge on any atom is 0.115 e. The first-order chi connectivity index (χ1) is 8.74. The number of rotatable bonds is 2. The van der Waals surface area contributed by atoms with Gasteiger partial charge in [-0.1, -0.05) is 18.2 Å². The van der Waals surface area contributed by atoms with Crippen molar-refractivity contribution >= 4 is 16.6 Å². The van der Waals surface area contributed by atoms with Gasteiger partial charge < -0.3 is 15.4 Å². The van der Waals surface area contributed by atoms with Crippen LogP contribution >= 0.6 is 0 Å². The van der Waals surface area contributed by atoms with Crippen molar-refractivity contribution in [2.75, 3.05) is 5.73 Å². The molecule has 3 aromatic rings. The van der Waals surface area contributed by atoms with Gasteiger partial charge in [-0.15, -0.1) is 0 Å². The Morgan fingerprint density at radius 3 is 2.56 bits per heavy atom. The van der Waals surface area contributed by atoms with Crippen LogP contribution in [0.4, 0.5) is 5.69 Å². The normalized spacial score (nSPS) is 10.9. The number of hydrogen-bond donors (Lipinski definition) is 2. The van der Waals surface area contributed by atoms with E-state index in [0.29, 0.717) is 5.75 Å². The lowest BCUT2D eigenvalue weighted by atomic mass is 10.2. The molecule has 0 amide bonds. The number of nitrogens with two attached hydrogens (primary N) is 1. The summed E-state index contributed by atoms with van der Waals surface area (Å²) in [5, 5.41) is 10.3. The quantitative estimate of drug-likeness (QED) is 0.674. The van der Waals surface area contributed by atoms with Gasteiger partial charge in [0, 0.05) is 23.8 Å². The number of benzene rings is 2. The zero-order chi connectivity index (χ0) is 12.5. The highest BCUT2D eigenvalue weighted by Gasteiger charge is 2.03. The third-order valence-electron chi connectivity index (χ3n) is 3.14. The molecule has 3 rings (SSSR count). The smallest absolute Gasteiger partial charge is 0.115 e. The third kappa shape index (κ3) is 1.80. The molecule has 0 aliphatic rings. The van der Waals surface area contributed by atoms with Gasteiger partial charge in [-0.3, -0.25) is 0 Å². The van der Waals surface area contributed by atoms with Crippen molar-refractivity contribution in [3.63, 3.8) is 0 Å². The number of hydrogen-bond acceptors (Lipinski definition) is 2. The van der Waals surface area contributed by atoms with Gasteiger partial charge in [0.15, 0.2) is 0 Å². The van der Waals surface area contributed by atoms with Gasteiger partial charge in [-0.25, -0.2) is 0 Å². The summed E-state index contributed by atoms with van der Waals surface area (Å²) in [7, 11) is 0. The number of anilines is 1. The molecular formula is C15H14N2O. The van der Waals surface area contributed by atoms with Gasteiger partial charge >= 0.3 is 0 Å². The first kappa shape index (κ1) is 10.7. The van der Waals surface area contributed by atoms with Gasteiger partial charge in [-0.05, 0) is 35.9 Å². The number of phenolic OH excluding ortho intramolecular Hbond substituents is 1. The van der Waals surface area contributed by atoms with E-state index in [9.17, 15) is 5.11 Å². The van der Waals surface area contributed by atoms with Crippen LogP contribution in [-0.4, -0.2) is 9.67 Å². The standard InChI is InChI=1S/C15H14N2O/c16-14-2-1-3-15-13(14)8-9-17(15)10-11-4-6-12(18)7-5-11/h1-9,18H,10,16H2. The molecule has 3 N–H and O–H groups in total. The van der Waals surface area contributed by atoms with Crippen LogP contribution in [0.5, 0.6) is 5.75 Å². The summed E-state index contributed by atoms with van der Waals surface area (Å²) >= 11 is 0. The maximum atomic E-state index is 9.27. The van der Waals surface area contributed by atoms with Crippen molar-refractivity contribution in [1.29, 1.82) is 0 Å². The Labute approximate surface area is 105 Å². The molecule has 18 heavy (non-hydrogen) atoms. The molecule has 3 heteroatoms. The van der Waals surface area contributed by atoms with E-state index in [1.54, 1.807) is 12.1 Å². The van der Waals surface area contributed by atoms with Gasteiger partial charge in [0.2, 0.25) is 0 Å². The van der Waals surface area contributed by atoms with Crippen molar-refractivity contribution in [2.45, 2.75) is 6.54 Å². The molecule has 0 unspecified atom stereocenters. The summed E-state index contributed by atoms with van der Waals surface area (Å²) in [6.07, 6.45) is 2.04. The lowest BCUT2D eigenvalue weighted by Crippen LogP contribution is -1.97. The summed E-state index contributed by atoms with van der Waals surface area (Å²) in [6.45, 7) is 0.771. The average molecular weight is 238 g/mol. The van der Waals surface area contributed by atoms with E-state index in [2.05, 4.69) is 10.6 Å². The maximum absolute atomic E-state index is 9.27. The lowest BCUT2D eigenvalue weighted by Gasteiger charge is -2.06. The largest absolute Gasteiger partial charge is 0.508 e. The molecule has 0 saturated carbocycles. The molecule has 0 bridgehead atoms. The second-order valence-electron chi connectivity index (χ2n) is 4.39. The van der Waals surface area contributed by atoms with Crippen LogP contribution in [0.1, 0.15) is 5.56 Å². The molecule has 3 nitrogen and oxygen atoms in total. The fourth-order valence-corrected chi connectivity index (χ4v) is 2.18. The van der Waals surface area contributed by atoms with E-state index in [-0.39, 0.29) is 0 Å². The molecule has 0 radical (unpaired) electrons. The van der Waals surface area contributed by atoms with Crippen LogP contribution in [-0.2, 0) is 6.54 Å². The van der Waals surface area contributed by atoms with Crippen molar-refractivity contribution in [3.05, 3.63) is 60.3 Å². The minimum absolute atomic E-state index is 0.292. The van der Waals surface area contributed by atoms with E-state index < -0.39 is 0 Å². The number of aromatic hydroxyl groups is 1. The third-order valence-corrected chi connectivity index (χ3v) is 3.14. The average Bonchev–Trinajstić information content (AvgIpc) is 2.77. The van der Waals surface area contributed by atoms with Crippen molar-refractivity contribution in [1.82, 2.24) is 4.57 Å². The molecule has 90 valence electrons. The predicted octanol–water partition coefficient (Wildman–Crippen LogP) is 2.98. The van der Waals surface area contributed by atoms with Crippen molar-refractivity contribution < 1.29 is 5.11 Å². The molecule has 0 aliphatic carbocycles. The minimum Gasteiger partial charge on any atom is -0.508 e. The summed E-state index contributed by atoms with van der Waals surface area (Å²) in [4.78, 5) is 0. The molecule has 1 heterocycles. The molecule has 0 atom stereocenters. The Bertz CT molecular complexity index is 683. The molecule has 0 saturated heterocycles. The van der Waals surface area contributed by atoms with E-state index in [1.165, 1.54) is 0 Å². The Balaban J connectivity index is 2.00. The molecule has 1 aromatic heterocycles. The molecule has 0 spiro atoms. The topological polar surface area (TPSA) is 51.2 Å². The SMILES string of the molecule is Nc1cccc2c1ccn2Cc1ccc(O)cc1. The summed E-state index contributed by atoms with van der Waals surface area (Å²) in [5.74, 6) is 0.292. The van der Waals surface area contributed by atoms with E-state index in [0.717, 1.165) is 28.7 Å². The number of nitrogens with zero attached hydrogens (tertiary/aromatic N) is 1. The Kier molecular flexibility index (Phi) is 2.45. The van der Waals surface area contributed by atoms with Gasteiger partial charge in [0.25, 0.3) is 0 Å². The zero-order valence-corrected chi connectivity index (χ0v) is 9.88. The number of phenols is 1. The second-order valence-corrected chi connectivity index (χ2v) is 4.39. The predicted molar refractivity (Wildman–Crippen MR) is 73.6 cm³/mol. The summed E-state index contributed by atoms with van der Waals surface area (Å²) in [6, 6.07) is 15.2. The summed E-state index contributed by atoms with van der Waals surface area (Å²) < 4.78 is 2.15. The van der Waals surface area contributed by atoms with Gasteiger partial charge in [-0.2, -0.15) is 0 Å². The number of fused-ring (bicyclic) bond motifs is 1. The van der Waals surface area contributed by atoms with Crippen LogP contribution in [0.15, 0.2) is 54.7 Å². The van der Waals surface area contributed by atoms with Gasteiger partial charge in [0.05, 0.1) is 5.52 Å². The highest BCUT2D eigenvalue weighted by molar-refractivity contribution is 5.91. The number of aromatic nitrogens is 1. The van der Waals surface area contributed by atoms with Crippen LogP contribution in [0, 0.1) is 0 Å². The fourth-order valence-electron chi connectivity index (χ4n) is 2.18. The molecule has 0 aliphatic heterocycles. The van der Waals surface area contributed by atoms with Gasteiger partial charge in [0.1, 0.15) is 5.75 Å². The molecular weight excluding hydrogens is 224 g/mol. The van der Waals surface area contributed by atoms with Crippen molar-refractivity contribution in [2.24, 2.45) is 0 Å². The lowest BCUT2D eigenvalue weighted by molar-refractivity contribution is 0.475. The molecule has 2 aromatic carbocycles. The highest BCUT2D eigenvalue weighted by Crippen LogP contribution is 2.23. The van der Waals surface area contributed by atoms with Crippen LogP contribution in [0.25, 0.3) is 10.9 Å². The fraction of sp³-hybridized carbons (Fsp3) is 0.0667. The van der Waals surface area contributed by atoms with E-state index in [4.69, 9.17) is 5.73 Å². The van der Waals surface area contributed by atoms with Crippen LogP contribution in [0.2, 0.25) is 0 Å². The first-order valence-corrected chi connectivity index (χ1v) is 5.85. The minimum atomic E-state index is 0.292. The first-order valence-electron chi connectivity index (χ1n) is 5.85. The zero-order valence-electron chi connectivity index (χ0n) is 9.88. The summed E-state index contributed by atoms with van der Waals surface area (Å²) in [5.41, 5.74) is 9.01. The van der Waals surface area contributed by atoms with Crippen LogP contribution in [0.3, 0.4) is 0 Å². The second kappa shape index (κ2) is 4.11. The number of nitrogen functional groups attached to an aromatic ring is 1. The van der Waals surface area contributed by atoms with Crippen LogP contribution < -0.4 is 5.73 Å². The Hall–Kier alpha value is -2.42. The monoisotopic (exact) mass is 238 g/mol. The molecule has 0 fully saturated rings. The Morgan fingerprint density at radius 1 is 1.00 bits per heavy atom.